The molecule has 3 unspecified atom stereocenters. The van der Waals surface area contributed by atoms with Crippen LogP contribution in [0.3, 0.4) is 0 Å². The summed E-state index contributed by atoms with van der Waals surface area (Å²) in [6, 6.07) is 10.9. The van der Waals surface area contributed by atoms with Gasteiger partial charge in [0.15, 0.2) is 11.5 Å². The van der Waals surface area contributed by atoms with Gasteiger partial charge in [-0.25, -0.2) is 0 Å². The highest BCUT2D eigenvalue weighted by molar-refractivity contribution is 5.92. The predicted molar refractivity (Wildman–Crippen MR) is 134 cm³/mol. The number of carbonyl (C=O) groups excluding carboxylic acids is 1. The highest BCUT2D eigenvalue weighted by Crippen LogP contribution is 2.51. The van der Waals surface area contributed by atoms with Crippen LogP contribution in [0.15, 0.2) is 42.5 Å². The number of aliphatic hydroxyl groups is 1. The number of carbonyl (C=O) groups is 1. The van der Waals surface area contributed by atoms with E-state index in [1.807, 2.05) is 41.3 Å². The molecule has 35 heavy (non-hydrogen) atoms. The summed E-state index contributed by atoms with van der Waals surface area (Å²) in [6.07, 6.45) is 7.61. The maximum absolute atomic E-state index is 13.6. The Morgan fingerprint density at radius 3 is 2.43 bits per heavy atom. The molecule has 3 atom stereocenters. The zero-order valence-corrected chi connectivity index (χ0v) is 21.0. The van der Waals surface area contributed by atoms with Crippen molar-refractivity contribution in [3.63, 3.8) is 0 Å². The van der Waals surface area contributed by atoms with E-state index in [0.29, 0.717) is 36.0 Å². The van der Waals surface area contributed by atoms with Crippen molar-refractivity contribution in [3.05, 3.63) is 53.6 Å². The molecule has 1 aliphatic carbocycles. The van der Waals surface area contributed by atoms with Crippen LogP contribution in [0.25, 0.3) is 6.08 Å². The van der Waals surface area contributed by atoms with E-state index < -0.39 is 5.60 Å². The number of methoxy groups -OCH3 is 4. The number of fused-ring (bicyclic) bond motifs is 1. The minimum Gasteiger partial charge on any atom is -0.497 e. The third-order valence-electron chi connectivity index (χ3n) is 7.44. The summed E-state index contributed by atoms with van der Waals surface area (Å²) in [5, 5.41) is 11.6. The van der Waals surface area contributed by atoms with Crippen molar-refractivity contribution >= 4 is 12.0 Å². The Hall–Kier alpha value is -3.19. The smallest absolute Gasteiger partial charge is 0.247 e. The molecule has 7 nitrogen and oxygen atoms in total. The third kappa shape index (κ3) is 4.96. The zero-order valence-electron chi connectivity index (χ0n) is 21.0. The molecular formula is C28H35NO6. The number of hydrogen-bond acceptors (Lipinski definition) is 6. The predicted octanol–water partition coefficient (Wildman–Crippen LogP) is 4.63. The monoisotopic (exact) mass is 481 g/mol. The Kier molecular flexibility index (Phi) is 7.55. The van der Waals surface area contributed by atoms with Crippen LogP contribution < -0.4 is 18.9 Å². The number of piperidine rings is 1. The summed E-state index contributed by atoms with van der Waals surface area (Å²) in [5.41, 5.74) is 0.949. The number of likely N-dealkylation sites (tertiary alicyclic amines) is 1. The van der Waals surface area contributed by atoms with E-state index in [1.54, 1.807) is 40.6 Å². The van der Waals surface area contributed by atoms with Crippen molar-refractivity contribution in [1.82, 2.24) is 4.90 Å². The van der Waals surface area contributed by atoms with Gasteiger partial charge in [-0.1, -0.05) is 18.9 Å². The second-order valence-electron chi connectivity index (χ2n) is 9.24. The molecule has 2 fully saturated rings. The van der Waals surface area contributed by atoms with Gasteiger partial charge < -0.3 is 29.0 Å². The Bertz CT molecular complexity index is 1080. The van der Waals surface area contributed by atoms with Crippen molar-refractivity contribution < 1.29 is 28.8 Å². The lowest BCUT2D eigenvalue weighted by Gasteiger charge is -2.52. The second kappa shape index (κ2) is 10.6. The maximum Gasteiger partial charge on any atom is 0.247 e. The Labute approximate surface area is 207 Å². The normalized spacial score (nSPS) is 24.1. The van der Waals surface area contributed by atoms with Crippen LogP contribution in [0.5, 0.6) is 23.0 Å². The standard InChI is InChI=1S/C28H35NO6/c1-32-20-10-11-21(24(18-20)34-3)27-22-7-5-6-14-28(22,31)15-16-29(27)26(30)13-9-19-8-12-23(33-2)25(17-19)35-4/h8-13,17-18,22,27,31H,5-7,14-16H2,1-4H3. The molecular weight excluding hydrogens is 446 g/mol. The van der Waals surface area contributed by atoms with E-state index in [0.717, 1.165) is 36.8 Å². The minimum absolute atomic E-state index is 0.0641. The van der Waals surface area contributed by atoms with Crippen LogP contribution >= 0.6 is 0 Å². The molecule has 1 N–H and O–H groups in total. The molecule has 2 aromatic rings. The summed E-state index contributed by atoms with van der Waals surface area (Å²) in [6.45, 7) is 0.474. The molecule has 2 aliphatic rings. The molecule has 0 aromatic heterocycles. The largest absolute Gasteiger partial charge is 0.497 e. The Balaban J connectivity index is 1.68. The second-order valence-corrected chi connectivity index (χ2v) is 9.24. The van der Waals surface area contributed by atoms with Crippen molar-refractivity contribution in [2.45, 2.75) is 43.7 Å². The Morgan fingerprint density at radius 2 is 1.71 bits per heavy atom. The van der Waals surface area contributed by atoms with Gasteiger partial charge in [0.1, 0.15) is 11.5 Å². The molecule has 188 valence electrons. The van der Waals surface area contributed by atoms with Gasteiger partial charge >= 0.3 is 0 Å². The van der Waals surface area contributed by atoms with Crippen LogP contribution in [-0.4, -0.2) is 56.5 Å². The van der Waals surface area contributed by atoms with Crippen molar-refractivity contribution in [3.8, 4) is 23.0 Å². The first-order valence-corrected chi connectivity index (χ1v) is 12.1. The van der Waals surface area contributed by atoms with E-state index in [4.69, 9.17) is 18.9 Å². The molecule has 1 saturated heterocycles. The van der Waals surface area contributed by atoms with Crippen LogP contribution in [0.4, 0.5) is 0 Å². The topological polar surface area (TPSA) is 77.5 Å². The summed E-state index contributed by atoms with van der Waals surface area (Å²) in [7, 11) is 6.41. The molecule has 1 heterocycles. The average molecular weight is 482 g/mol. The summed E-state index contributed by atoms with van der Waals surface area (Å²) in [5.74, 6) is 2.42. The van der Waals surface area contributed by atoms with Gasteiger partial charge in [0.25, 0.3) is 0 Å². The van der Waals surface area contributed by atoms with E-state index in [-0.39, 0.29) is 17.9 Å². The quantitative estimate of drug-likeness (QED) is 0.581. The molecule has 1 amide bonds. The molecule has 1 saturated carbocycles. The van der Waals surface area contributed by atoms with E-state index >= 15 is 0 Å². The van der Waals surface area contributed by atoms with E-state index in [9.17, 15) is 9.90 Å². The van der Waals surface area contributed by atoms with Crippen molar-refractivity contribution in [2.75, 3.05) is 35.0 Å². The highest BCUT2D eigenvalue weighted by Gasteiger charge is 2.50. The van der Waals surface area contributed by atoms with Crippen LogP contribution in [0, 0.1) is 5.92 Å². The van der Waals surface area contributed by atoms with Gasteiger partial charge in [0.2, 0.25) is 5.91 Å². The maximum atomic E-state index is 13.6. The highest BCUT2D eigenvalue weighted by atomic mass is 16.5. The lowest BCUT2D eigenvalue weighted by Crippen LogP contribution is -2.56. The van der Waals surface area contributed by atoms with E-state index in [2.05, 4.69) is 0 Å². The summed E-state index contributed by atoms with van der Waals surface area (Å²) < 4.78 is 21.8. The number of hydrogen-bond donors (Lipinski definition) is 1. The number of ether oxygens (including phenoxy) is 4. The molecule has 7 heteroatoms. The van der Waals surface area contributed by atoms with Gasteiger partial charge in [-0.05, 0) is 55.2 Å². The van der Waals surface area contributed by atoms with Crippen molar-refractivity contribution in [2.24, 2.45) is 5.92 Å². The SMILES string of the molecule is COc1ccc(C2C3CCCCC3(O)CCN2C(=O)C=Cc2ccc(OC)c(OC)c2)c(OC)c1. The van der Waals surface area contributed by atoms with Crippen LogP contribution in [0.1, 0.15) is 49.3 Å². The number of rotatable bonds is 7. The molecule has 2 aromatic carbocycles. The fraction of sp³-hybridized carbons (Fsp3) is 0.464. The van der Waals surface area contributed by atoms with Crippen LogP contribution in [-0.2, 0) is 4.79 Å². The van der Waals surface area contributed by atoms with Gasteiger partial charge in [-0.3, -0.25) is 4.79 Å². The number of amides is 1. The van der Waals surface area contributed by atoms with Crippen LogP contribution in [0.2, 0.25) is 0 Å². The molecule has 0 radical (unpaired) electrons. The minimum atomic E-state index is -0.780. The fourth-order valence-corrected chi connectivity index (χ4v) is 5.60. The lowest BCUT2D eigenvalue weighted by molar-refractivity contribution is -0.151. The Morgan fingerprint density at radius 1 is 0.943 bits per heavy atom. The molecule has 4 rings (SSSR count). The molecule has 1 aliphatic heterocycles. The summed E-state index contributed by atoms with van der Waals surface area (Å²) in [4.78, 5) is 15.5. The van der Waals surface area contributed by atoms with Gasteiger partial charge in [-0.15, -0.1) is 0 Å². The first kappa shape index (κ1) is 24.9. The fourth-order valence-electron chi connectivity index (χ4n) is 5.60. The summed E-state index contributed by atoms with van der Waals surface area (Å²) >= 11 is 0. The number of benzene rings is 2. The lowest BCUT2D eigenvalue weighted by atomic mass is 9.66. The average Bonchev–Trinajstić information content (AvgIpc) is 2.90. The first-order valence-electron chi connectivity index (χ1n) is 12.1. The van der Waals surface area contributed by atoms with Gasteiger partial charge in [0, 0.05) is 30.2 Å². The first-order chi connectivity index (χ1) is 16.9. The molecule has 0 bridgehead atoms. The van der Waals surface area contributed by atoms with E-state index in [1.165, 1.54) is 0 Å². The van der Waals surface area contributed by atoms with Crippen molar-refractivity contribution in [1.29, 1.82) is 0 Å². The zero-order chi connectivity index (χ0) is 25.0. The van der Waals surface area contributed by atoms with Gasteiger partial charge in [-0.2, -0.15) is 0 Å². The molecule has 0 spiro atoms. The van der Waals surface area contributed by atoms with Gasteiger partial charge in [0.05, 0.1) is 40.1 Å². The number of nitrogens with zero attached hydrogens (tertiary/aromatic N) is 1. The third-order valence-corrected chi connectivity index (χ3v) is 7.44.